The van der Waals surface area contributed by atoms with Gasteiger partial charge in [-0.25, -0.2) is 4.79 Å². The lowest BCUT2D eigenvalue weighted by Gasteiger charge is -2.25. The van der Waals surface area contributed by atoms with E-state index >= 15 is 0 Å². The topological polar surface area (TPSA) is 86.7 Å². The maximum absolute atomic E-state index is 11.9. The third kappa shape index (κ3) is 4.72. The van der Waals surface area contributed by atoms with Gasteiger partial charge in [0.2, 0.25) is 11.8 Å². The Hall–Kier alpha value is -1.59. The summed E-state index contributed by atoms with van der Waals surface area (Å²) in [6.07, 6.45) is 3.62. The number of nitrogens with zero attached hydrogens (tertiary/aromatic N) is 1. The molecule has 0 aliphatic heterocycles. The van der Waals surface area contributed by atoms with Gasteiger partial charge in [0.15, 0.2) is 0 Å². The molecule has 0 aromatic heterocycles. The summed E-state index contributed by atoms with van der Waals surface area (Å²) in [6, 6.07) is 0. The van der Waals surface area contributed by atoms with Crippen molar-refractivity contribution in [1.29, 1.82) is 0 Å². The van der Waals surface area contributed by atoms with Crippen LogP contribution < -0.4 is 5.32 Å². The largest absolute Gasteiger partial charge is 0.480 e. The van der Waals surface area contributed by atoms with Crippen LogP contribution in [0.5, 0.6) is 0 Å². The van der Waals surface area contributed by atoms with E-state index in [9.17, 15) is 19.5 Å². The molecule has 2 N–H and O–H groups in total. The predicted molar refractivity (Wildman–Crippen MR) is 78.8 cm³/mol. The van der Waals surface area contributed by atoms with Crippen LogP contribution in [-0.2, 0) is 14.4 Å². The van der Waals surface area contributed by atoms with Crippen LogP contribution in [0.4, 0.5) is 0 Å². The molecule has 6 nitrogen and oxygen atoms in total. The Morgan fingerprint density at radius 1 is 1.10 bits per heavy atom. The zero-order chi connectivity index (χ0) is 15.9. The van der Waals surface area contributed by atoms with Crippen molar-refractivity contribution in [2.75, 3.05) is 13.1 Å². The van der Waals surface area contributed by atoms with Crippen LogP contribution in [0, 0.1) is 0 Å². The normalized spacial score (nSPS) is 16.5. The highest BCUT2D eigenvalue weighted by Gasteiger charge is 2.42. The molecule has 0 aromatic rings. The van der Waals surface area contributed by atoms with Crippen LogP contribution >= 0.6 is 0 Å². The Balaban J connectivity index is 2.37. The molecule has 0 unspecified atom stereocenters. The summed E-state index contributed by atoms with van der Waals surface area (Å²) in [4.78, 5) is 36.8. The number of carbonyl (C=O) groups is 3. The van der Waals surface area contributed by atoms with Crippen molar-refractivity contribution in [2.45, 2.75) is 64.3 Å². The van der Waals surface area contributed by atoms with Crippen molar-refractivity contribution in [3.05, 3.63) is 0 Å². The van der Waals surface area contributed by atoms with Crippen molar-refractivity contribution in [3.8, 4) is 0 Å². The molecular weight excluding hydrogens is 272 g/mol. The predicted octanol–water partition coefficient (Wildman–Crippen LogP) is 1.54. The standard InChI is InChI=1S/C15H26N2O4/c1-3-17(4-2)13(19)9-7-8-12(18)16-15(14(20)21)10-5-6-11-15/h3-11H2,1-2H3,(H,16,18)(H,20,21). The average Bonchev–Trinajstić information content (AvgIpc) is 2.90. The van der Waals surface area contributed by atoms with Gasteiger partial charge in [0.05, 0.1) is 0 Å². The monoisotopic (exact) mass is 298 g/mol. The van der Waals surface area contributed by atoms with Gasteiger partial charge in [-0.3, -0.25) is 9.59 Å². The first-order valence-corrected chi connectivity index (χ1v) is 7.77. The van der Waals surface area contributed by atoms with Crippen molar-refractivity contribution in [3.63, 3.8) is 0 Å². The van der Waals surface area contributed by atoms with Crippen LogP contribution in [0.2, 0.25) is 0 Å². The third-order valence-electron chi connectivity index (χ3n) is 4.16. The average molecular weight is 298 g/mol. The van der Waals surface area contributed by atoms with Crippen LogP contribution in [0.3, 0.4) is 0 Å². The summed E-state index contributed by atoms with van der Waals surface area (Å²) < 4.78 is 0. The fourth-order valence-electron chi connectivity index (χ4n) is 2.83. The molecule has 0 heterocycles. The van der Waals surface area contributed by atoms with E-state index in [1.807, 2.05) is 13.8 Å². The molecule has 0 bridgehead atoms. The van der Waals surface area contributed by atoms with Crippen molar-refractivity contribution in [2.24, 2.45) is 0 Å². The first-order chi connectivity index (χ1) is 9.95. The van der Waals surface area contributed by atoms with E-state index in [-0.39, 0.29) is 18.2 Å². The van der Waals surface area contributed by atoms with Gasteiger partial charge in [-0.05, 0) is 33.1 Å². The van der Waals surface area contributed by atoms with Gasteiger partial charge >= 0.3 is 5.97 Å². The van der Waals surface area contributed by atoms with E-state index in [4.69, 9.17) is 0 Å². The second-order valence-electron chi connectivity index (χ2n) is 5.56. The van der Waals surface area contributed by atoms with Crippen LogP contribution in [0.15, 0.2) is 0 Å². The smallest absolute Gasteiger partial charge is 0.329 e. The second-order valence-corrected chi connectivity index (χ2v) is 5.56. The van der Waals surface area contributed by atoms with E-state index in [1.54, 1.807) is 4.90 Å². The molecule has 0 atom stereocenters. The Bertz CT molecular complexity index is 385. The molecule has 21 heavy (non-hydrogen) atoms. The van der Waals surface area contributed by atoms with E-state index < -0.39 is 11.5 Å². The molecule has 1 fully saturated rings. The van der Waals surface area contributed by atoms with Gasteiger partial charge in [0.1, 0.15) is 5.54 Å². The molecule has 2 amide bonds. The molecule has 0 spiro atoms. The lowest BCUT2D eigenvalue weighted by atomic mass is 9.97. The SMILES string of the molecule is CCN(CC)C(=O)CCCC(=O)NC1(C(=O)O)CCCC1. The zero-order valence-electron chi connectivity index (χ0n) is 13.0. The Kier molecular flexibility index (Phi) is 6.65. The Morgan fingerprint density at radius 3 is 2.14 bits per heavy atom. The van der Waals surface area contributed by atoms with E-state index in [1.165, 1.54) is 0 Å². The number of aliphatic carboxylic acids is 1. The summed E-state index contributed by atoms with van der Waals surface area (Å²) in [5.41, 5.74) is -1.08. The van der Waals surface area contributed by atoms with Crippen molar-refractivity contribution >= 4 is 17.8 Å². The van der Waals surface area contributed by atoms with E-state index in [0.717, 1.165) is 12.8 Å². The molecule has 0 aromatic carbocycles. The van der Waals surface area contributed by atoms with E-state index in [0.29, 0.717) is 38.8 Å². The maximum atomic E-state index is 11.9. The number of carboxylic acid groups (broad SMARTS) is 1. The highest BCUT2D eigenvalue weighted by molar-refractivity contribution is 5.87. The van der Waals surface area contributed by atoms with Crippen LogP contribution in [0.1, 0.15) is 58.8 Å². The number of carbonyl (C=O) groups excluding carboxylic acids is 2. The zero-order valence-corrected chi connectivity index (χ0v) is 13.0. The summed E-state index contributed by atoms with van der Waals surface area (Å²) in [5.74, 6) is -1.18. The Labute approximate surface area is 125 Å². The first kappa shape index (κ1) is 17.5. The third-order valence-corrected chi connectivity index (χ3v) is 4.16. The second kappa shape index (κ2) is 8.00. The highest BCUT2D eigenvalue weighted by atomic mass is 16.4. The van der Waals surface area contributed by atoms with Gasteiger partial charge in [0.25, 0.3) is 0 Å². The number of carboxylic acids is 1. The Morgan fingerprint density at radius 2 is 1.67 bits per heavy atom. The fourth-order valence-corrected chi connectivity index (χ4v) is 2.83. The molecule has 1 rings (SSSR count). The molecule has 1 aliphatic rings. The van der Waals surface area contributed by atoms with E-state index in [2.05, 4.69) is 5.32 Å². The van der Waals surface area contributed by atoms with Gasteiger partial charge in [-0.1, -0.05) is 12.8 Å². The molecule has 120 valence electrons. The van der Waals surface area contributed by atoms with Crippen LogP contribution in [-0.4, -0.2) is 46.4 Å². The molecule has 1 saturated carbocycles. The van der Waals surface area contributed by atoms with Crippen molar-refractivity contribution in [1.82, 2.24) is 10.2 Å². The van der Waals surface area contributed by atoms with Crippen LogP contribution in [0.25, 0.3) is 0 Å². The molecular formula is C15H26N2O4. The lowest BCUT2D eigenvalue weighted by Crippen LogP contribution is -2.52. The quantitative estimate of drug-likeness (QED) is 0.711. The summed E-state index contributed by atoms with van der Waals surface area (Å²) in [6.45, 7) is 5.18. The van der Waals surface area contributed by atoms with Gasteiger partial charge in [0, 0.05) is 25.9 Å². The summed E-state index contributed by atoms with van der Waals surface area (Å²) in [5, 5.41) is 11.9. The minimum absolute atomic E-state index is 0.0432. The summed E-state index contributed by atoms with van der Waals surface area (Å²) >= 11 is 0. The minimum atomic E-state index is -1.08. The number of hydrogen-bond acceptors (Lipinski definition) is 3. The van der Waals surface area contributed by atoms with Crippen molar-refractivity contribution < 1.29 is 19.5 Å². The lowest BCUT2D eigenvalue weighted by molar-refractivity contribution is -0.147. The molecule has 0 radical (unpaired) electrons. The minimum Gasteiger partial charge on any atom is -0.480 e. The van der Waals surface area contributed by atoms with Gasteiger partial charge in [-0.15, -0.1) is 0 Å². The number of rotatable bonds is 8. The molecule has 1 aliphatic carbocycles. The number of hydrogen-bond donors (Lipinski definition) is 2. The van der Waals surface area contributed by atoms with Gasteiger partial charge < -0.3 is 15.3 Å². The number of nitrogens with one attached hydrogen (secondary N) is 1. The highest BCUT2D eigenvalue weighted by Crippen LogP contribution is 2.30. The summed E-state index contributed by atoms with van der Waals surface area (Å²) in [7, 11) is 0. The molecule has 0 saturated heterocycles. The van der Waals surface area contributed by atoms with Gasteiger partial charge in [-0.2, -0.15) is 0 Å². The first-order valence-electron chi connectivity index (χ1n) is 7.77. The molecule has 6 heteroatoms. The number of amides is 2. The fraction of sp³-hybridized carbons (Fsp3) is 0.800. The maximum Gasteiger partial charge on any atom is 0.329 e.